The highest BCUT2D eigenvalue weighted by Crippen LogP contribution is 2.40. The van der Waals surface area contributed by atoms with Crippen LogP contribution in [0.25, 0.3) is 44.3 Å². The Morgan fingerprint density at radius 1 is 1.06 bits per heavy atom. The maximum atomic E-state index is 13.2. The van der Waals surface area contributed by atoms with Gasteiger partial charge in [-0.2, -0.15) is 5.10 Å². The van der Waals surface area contributed by atoms with Crippen molar-refractivity contribution in [1.29, 1.82) is 0 Å². The highest BCUT2D eigenvalue weighted by atomic mass is 35.5. The smallest absolute Gasteiger partial charge is 0.249 e. The van der Waals surface area contributed by atoms with Crippen molar-refractivity contribution >= 4 is 44.5 Å². The minimum atomic E-state index is -1.58. The van der Waals surface area contributed by atoms with Crippen molar-refractivity contribution in [2.45, 2.75) is 4.90 Å². The van der Waals surface area contributed by atoms with E-state index < -0.39 is 11.0 Å². The first kappa shape index (κ1) is 19.6. The molecule has 0 aliphatic carbocycles. The molecule has 0 spiro atoms. The van der Waals surface area contributed by atoms with Crippen LogP contribution in [0, 0.1) is 0 Å². The van der Waals surface area contributed by atoms with E-state index in [0.29, 0.717) is 32.2 Å². The molecule has 3 N–H and O–H groups in total. The summed E-state index contributed by atoms with van der Waals surface area (Å²) in [7, 11) is 0.0404. The Labute approximate surface area is 184 Å². The van der Waals surface area contributed by atoms with Gasteiger partial charge >= 0.3 is 0 Å². The van der Waals surface area contributed by atoms with Gasteiger partial charge in [0.25, 0.3) is 0 Å². The number of aromatic amines is 2. The molecule has 9 heteroatoms. The molecule has 0 amide bonds. The summed E-state index contributed by atoms with van der Waals surface area (Å²) in [5, 5.41) is 8.87. The molecule has 3 aromatic heterocycles. The number of halogens is 1. The molecule has 5 rings (SSSR count). The molecule has 0 saturated heterocycles. The molecule has 1 unspecified atom stereocenters. The number of hydrogen-bond donors (Lipinski definition) is 3. The second-order valence-corrected chi connectivity index (χ2v) is 8.64. The summed E-state index contributed by atoms with van der Waals surface area (Å²) >= 11 is 6.53. The van der Waals surface area contributed by atoms with Gasteiger partial charge in [-0.1, -0.05) is 41.9 Å². The molecule has 3 heterocycles. The summed E-state index contributed by atoms with van der Waals surface area (Å²) in [6, 6.07) is 16.3. The van der Waals surface area contributed by atoms with Gasteiger partial charge in [-0.05, 0) is 30.8 Å². The number of aromatic nitrogens is 4. The number of hydrogen-bond acceptors (Lipinski definition) is 4. The van der Waals surface area contributed by atoms with E-state index in [2.05, 4.69) is 19.9 Å². The molecule has 1 atom stereocenters. The van der Waals surface area contributed by atoms with Crippen molar-refractivity contribution in [3.8, 4) is 22.4 Å². The van der Waals surface area contributed by atoms with E-state index in [0.717, 1.165) is 22.0 Å². The van der Waals surface area contributed by atoms with Crippen molar-refractivity contribution in [2.24, 2.45) is 0 Å². The summed E-state index contributed by atoms with van der Waals surface area (Å²) in [5.41, 5.74) is 3.63. The molecular weight excluding hydrogens is 434 g/mol. The van der Waals surface area contributed by atoms with Crippen LogP contribution in [-0.2, 0) is 11.0 Å². The van der Waals surface area contributed by atoms with E-state index in [9.17, 15) is 9.00 Å². The molecule has 0 radical (unpaired) electrons. The molecule has 0 bridgehead atoms. The van der Waals surface area contributed by atoms with Crippen LogP contribution in [0.2, 0.25) is 5.02 Å². The zero-order chi connectivity index (χ0) is 21.5. The van der Waals surface area contributed by atoms with Gasteiger partial charge in [0.15, 0.2) is 0 Å². The number of nitrogens with zero attached hydrogens (tertiary/aromatic N) is 2. The van der Waals surface area contributed by atoms with Crippen LogP contribution in [0.5, 0.6) is 0 Å². The van der Waals surface area contributed by atoms with Crippen LogP contribution in [0.4, 0.5) is 0 Å². The van der Waals surface area contributed by atoms with Gasteiger partial charge in [-0.25, -0.2) is 13.9 Å². The minimum Gasteiger partial charge on any atom is -0.307 e. The summed E-state index contributed by atoms with van der Waals surface area (Å²) in [6.07, 6.45) is 1.69. The number of pyridine rings is 2. The van der Waals surface area contributed by atoms with E-state index in [1.165, 1.54) is 6.07 Å². The van der Waals surface area contributed by atoms with Gasteiger partial charge in [0, 0.05) is 28.0 Å². The first-order valence-corrected chi connectivity index (χ1v) is 10.9. The van der Waals surface area contributed by atoms with Crippen LogP contribution >= 0.6 is 11.6 Å². The number of H-pyrrole nitrogens is 2. The third-order valence-corrected chi connectivity index (χ3v) is 6.50. The predicted molar refractivity (Wildman–Crippen MR) is 123 cm³/mol. The van der Waals surface area contributed by atoms with Crippen LogP contribution < -0.4 is 10.3 Å². The highest BCUT2D eigenvalue weighted by molar-refractivity contribution is 7.83. The maximum Gasteiger partial charge on any atom is 0.249 e. The Balaban J connectivity index is 1.98. The van der Waals surface area contributed by atoms with Gasteiger partial charge in [0.1, 0.15) is 16.6 Å². The Kier molecular flexibility index (Phi) is 4.90. The largest absolute Gasteiger partial charge is 0.307 e. The Bertz CT molecular complexity index is 1530. The molecule has 5 aromatic rings. The molecule has 0 saturated carbocycles. The van der Waals surface area contributed by atoms with Crippen LogP contribution in [0.15, 0.2) is 70.5 Å². The van der Waals surface area contributed by atoms with Crippen LogP contribution in [0.3, 0.4) is 0 Å². The first-order valence-electron chi connectivity index (χ1n) is 9.41. The summed E-state index contributed by atoms with van der Waals surface area (Å²) in [6.45, 7) is 0. The molecule has 7 nitrogen and oxygen atoms in total. The minimum absolute atomic E-state index is 0.282. The summed E-state index contributed by atoms with van der Waals surface area (Å²) in [4.78, 5) is 20.0. The van der Waals surface area contributed by atoms with Gasteiger partial charge in [-0.15, -0.1) is 0 Å². The Hall–Kier alpha value is -3.33. The third kappa shape index (κ3) is 3.34. The fourth-order valence-corrected chi connectivity index (χ4v) is 4.91. The zero-order valence-corrected chi connectivity index (χ0v) is 17.8. The monoisotopic (exact) mass is 449 g/mol. The van der Waals surface area contributed by atoms with Crippen molar-refractivity contribution in [3.63, 3.8) is 0 Å². The topological polar surface area (TPSA) is 104 Å². The molecule has 154 valence electrons. The number of fused-ring (bicyclic) bond motifs is 2. The van der Waals surface area contributed by atoms with Crippen molar-refractivity contribution < 1.29 is 4.21 Å². The molecule has 0 aliphatic heterocycles. The Morgan fingerprint density at radius 3 is 2.65 bits per heavy atom. The van der Waals surface area contributed by atoms with E-state index in [1.807, 2.05) is 36.4 Å². The normalized spacial score (nSPS) is 12.5. The van der Waals surface area contributed by atoms with E-state index in [-0.39, 0.29) is 5.56 Å². The predicted octanol–water partition coefficient (Wildman–Crippen LogP) is 4.03. The van der Waals surface area contributed by atoms with E-state index >= 15 is 0 Å². The quantitative estimate of drug-likeness (QED) is 0.385. The average Bonchev–Trinajstić information content (AvgIpc) is 3.27. The van der Waals surface area contributed by atoms with Gasteiger partial charge in [-0.3, -0.25) is 9.89 Å². The molecular formula is C22H16ClN5O2S. The van der Waals surface area contributed by atoms with E-state index in [4.69, 9.17) is 16.6 Å². The standard InChI is InChI=1S/C22H16ClN5O2S/c1-24-31(30)21-15-7-8-17(29)26-22(15)27-20(12-5-3-2-4-6-12)18(21)13-9-14-11-25-28-19(14)16(23)10-13/h2-11,24H,1H3,(H,25,28)(H,26,27,29). The lowest BCUT2D eigenvalue weighted by Crippen LogP contribution is -2.15. The lowest BCUT2D eigenvalue weighted by Gasteiger charge is -2.17. The lowest BCUT2D eigenvalue weighted by molar-refractivity contribution is 0.678. The van der Waals surface area contributed by atoms with Crippen molar-refractivity contribution in [2.75, 3.05) is 7.05 Å². The van der Waals surface area contributed by atoms with E-state index in [1.54, 1.807) is 25.4 Å². The summed E-state index contributed by atoms with van der Waals surface area (Å²) in [5.74, 6) is 0. The first-order chi connectivity index (χ1) is 15.1. The number of nitrogens with one attached hydrogen (secondary N) is 3. The summed E-state index contributed by atoms with van der Waals surface area (Å²) < 4.78 is 16.0. The third-order valence-electron chi connectivity index (χ3n) is 5.04. The molecule has 0 aliphatic rings. The SMILES string of the molecule is CNS(=O)c1c(-c2cc(Cl)c3[nH]ncc3c2)c(-c2ccccc2)nc2[nH]c(=O)ccc12. The average molecular weight is 450 g/mol. The molecule has 0 fully saturated rings. The maximum absolute atomic E-state index is 13.2. The van der Waals surface area contributed by atoms with Crippen LogP contribution in [0.1, 0.15) is 0 Å². The molecule has 31 heavy (non-hydrogen) atoms. The Morgan fingerprint density at radius 2 is 1.87 bits per heavy atom. The second kappa shape index (κ2) is 7.73. The van der Waals surface area contributed by atoms with Crippen molar-refractivity contribution in [1.82, 2.24) is 24.9 Å². The number of benzene rings is 2. The van der Waals surface area contributed by atoms with Crippen molar-refractivity contribution in [3.05, 3.63) is 76.2 Å². The van der Waals surface area contributed by atoms with Gasteiger partial charge in [0.05, 0.1) is 27.3 Å². The van der Waals surface area contributed by atoms with Gasteiger partial charge in [0.2, 0.25) is 5.56 Å². The van der Waals surface area contributed by atoms with Crippen LogP contribution in [-0.4, -0.2) is 31.4 Å². The fourth-order valence-electron chi connectivity index (χ4n) is 3.67. The number of rotatable bonds is 4. The van der Waals surface area contributed by atoms with Gasteiger partial charge < -0.3 is 4.98 Å². The lowest BCUT2D eigenvalue weighted by atomic mass is 9.97. The zero-order valence-electron chi connectivity index (χ0n) is 16.3. The molecule has 2 aromatic carbocycles. The highest BCUT2D eigenvalue weighted by Gasteiger charge is 2.23. The second-order valence-electron chi connectivity index (χ2n) is 6.88. The fraction of sp³-hybridized carbons (Fsp3) is 0.0455.